The number of rotatable bonds is 5. The average Bonchev–Trinajstić information content (AvgIpc) is 2.25. The molecule has 0 spiro atoms. The van der Waals surface area contributed by atoms with E-state index in [1.54, 1.807) is 19.1 Å². The van der Waals surface area contributed by atoms with Crippen molar-refractivity contribution in [3.05, 3.63) is 35.6 Å². The van der Waals surface area contributed by atoms with Gasteiger partial charge in [-0.3, -0.25) is 9.79 Å². The molecule has 0 aliphatic carbocycles. The second-order valence-corrected chi connectivity index (χ2v) is 2.97. The molecule has 0 heterocycles. The Labute approximate surface area is 91.3 Å². The summed E-state index contributed by atoms with van der Waals surface area (Å²) in [6.45, 7) is 9.47. The molecule has 15 heavy (non-hydrogen) atoms. The van der Waals surface area contributed by atoms with E-state index in [1.807, 2.05) is 26.0 Å². The van der Waals surface area contributed by atoms with Crippen LogP contribution in [-0.2, 0) is 4.79 Å². The van der Waals surface area contributed by atoms with Crippen LogP contribution >= 0.6 is 0 Å². The summed E-state index contributed by atoms with van der Waals surface area (Å²) in [5, 5.41) is 2.76. The van der Waals surface area contributed by atoms with Crippen molar-refractivity contribution in [2.75, 3.05) is 6.54 Å². The maximum atomic E-state index is 11.6. The van der Waals surface area contributed by atoms with Crippen molar-refractivity contribution in [1.82, 2.24) is 5.32 Å². The Morgan fingerprint density at radius 3 is 2.60 bits per heavy atom. The van der Waals surface area contributed by atoms with E-state index in [1.165, 1.54) is 0 Å². The normalized spacial score (nSPS) is 13.0. The zero-order valence-corrected chi connectivity index (χ0v) is 9.58. The predicted octanol–water partition coefficient (Wildman–Crippen LogP) is 2.23. The van der Waals surface area contributed by atoms with Crippen molar-refractivity contribution in [3.8, 4) is 0 Å². The van der Waals surface area contributed by atoms with Crippen LogP contribution in [0.5, 0.6) is 0 Å². The average molecular weight is 206 g/mol. The highest BCUT2D eigenvalue weighted by Crippen LogP contribution is 2.03. The van der Waals surface area contributed by atoms with Gasteiger partial charge in [0.1, 0.15) is 0 Å². The first kappa shape index (κ1) is 13.4. The summed E-state index contributed by atoms with van der Waals surface area (Å²) in [6, 6.07) is 0. The first-order chi connectivity index (χ1) is 7.15. The summed E-state index contributed by atoms with van der Waals surface area (Å²) in [4.78, 5) is 15.3. The third-order valence-electron chi connectivity index (χ3n) is 1.80. The highest BCUT2D eigenvalue weighted by molar-refractivity contribution is 5.96. The Balaban J connectivity index is 4.44. The molecule has 0 unspecified atom stereocenters. The second-order valence-electron chi connectivity index (χ2n) is 2.97. The summed E-state index contributed by atoms with van der Waals surface area (Å²) < 4.78 is 0. The number of hydrogen-bond acceptors (Lipinski definition) is 2. The van der Waals surface area contributed by atoms with Crippen molar-refractivity contribution in [3.63, 3.8) is 0 Å². The Hall–Kier alpha value is -1.64. The monoisotopic (exact) mass is 206 g/mol. The van der Waals surface area contributed by atoms with Crippen LogP contribution in [0.2, 0.25) is 0 Å². The first-order valence-electron chi connectivity index (χ1n) is 4.86. The summed E-state index contributed by atoms with van der Waals surface area (Å²) in [7, 11) is 0. The highest BCUT2D eigenvalue weighted by Gasteiger charge is 2.03. The molecule has 0 aromatic rings. The number of nitrogens with zero attached hydrogens (tertiary/aromatic N) is 1. The number of carbonyl (C=O) groups is 1. The van der Waals surface area contributed by atoms with Crippen LogP contribution < -0.4 is 5.32 Å². The van der Waals surface area contributed by atoms with E-state index in [4.69, 9.17) is 0 Å². The van der Waals surface area contributed by atoms with Crippen LogP contribution in [0.3, 0.4) is 0 Å². The molecular formula is C12H18N2O. The van der Waals surface area contributed by atoms with Crippen molar-refractivity contribution in [2.45, 2.75) is 20.8 Å². The third kappa shape index (κ3) is 5.62. The smallest absolute Gasteiger partial charge is 0.251 e. The van der Waals surface area contributed by atoms with Gasteiger partial charge in [0.25, 0.3) is 5.91 Å². The molecule has 0 bridgehead atoms. The van der Waals surface area contributed by atoms with Gasteiger partial charge in [-0.15, -0.1) is 0 Å². The van der Waals surface area contributed by atoms with Crippen LogP contribution in [0, 0.1) is 0 Å². The summed E-state index contributed by atoms with van der Waals surface area (Å²) >= 11 is 0. The predicted molar refractivity (Wildman–Crippen MR) is 64.9 cm³/mol. The number of nitrogens with one attached hydrogen (secondary N) is 1. The molecule has 3 heteroatoms. The molecule has 3 nitrogen and oxygen atoms in total. The molecule has 1 N–H and O–H groups in total. The first-order valence-corrected chi connectivity index (χ1v) is 4.86. The van der Waals surface area contributed by atoms with E-state index < -0.39 is 0 Å². The number of carbonyl (C=O) groups excluding carboxylic acids is 1. The summed E-state index contributed by atoms with van der Waals surface area (Å²) in [5.74, 6) is -0.0985. The van der Waals surface area contributed by atoms with Gasteiger partial charge in [-0.05, 0) is 33.6 Å². The minimum absolute atomic E-state index is 0.0985. The SMILES string of the molecule is C=N/C(C)=C\C(=C/C)C(=O)NC/C=C/C. The van der Waals surface area contributed by atoms with Gasteiger partial charge < -0.3 is 5.32 Å². The Morgan fingerprint density at radius 1 is 1.47 bits per heavy atom. The van der Waals surface area contributed by atoms with Gasteiger partial charge >= 0.3 is 0 Å². The van der Waals surface area contributed by atoms with Crippen LogP contribution in [-0.4, -0.2) is 19.2 Å². The van der Waals surface area contributed by atoms with E-state index in [0.717, 1.165) is 5.70 Å². The van der Waals surface area contributed by atoms with Crippen molar-refractivity contribution >= 4 is 12.6 Å². The van der Waals surface area contributed by atoms with E-state index in [-0.39, 0.29) is 5.91 Å². The molecule has 0 saturated heterocycles. The van der Waals surface area contributed by atoms with Gasteiger partial charge in [0.15, 0.2) is 0 Å². The second kappa shape index (κ2) is 7.74. The third-order valence-corrected chi connectivity index (χ3v) is 1.80. The summed E-state index contributed by atoms with van der Waals surface area (Å²) in [6.07, 6.45) is 7.23. The zero-order valence-electron chi connectivity index (χ0n) is 9.58. The van der Waals surface area contributed by atoms with Crippen molar-refractivity contribution in [1.29, 1.82) is 0 Å². The van der Waals surface area contributed by atoms with Gasteiger partial charge in [0, 0.05) is 17.8 Å². The number of allylic oxidation sites excluding steroid dienone is 3. The molecular weight excluding hydrogens is 188 g/mol. The lowest BCUT2D eigenvalue weighted by molar-refractivity contribution is -0.117. The fourth-order valence-corrected chi connectivity index (χ4v) is 0.922. The van der Waals surface area contributed by atoms with Crippen LogP contribution in [0.4, 0.5) is 0 Å². The van der Waals surface area contributed by atoms with Crippen LogP contribution in [0.1, 0.15) is 20.8 Å². The number of aliphatic imine (C=N–C) groups is 1. The molecule has 0 aliphatic rings. The van der Waals surface area contributed by atoms with Gasteiger partial charge in [-0.2, -0.15) is 0 Å². The van der Waals surface area contributed by atoms with Crippen molar-refractivity contribution < 1.29 is 4.79 Å². The molecule has 82 valence electrons. The number of amides is 1. The number of hydrogen-bond donors (Lipinski definition) is 1. The Morgan fingerprint density at radius 2 is 2.13 bits per heavy atom. The lowest BCUT2D eigenvalue weighted by atomic mass is 10.2. The molecule has 0 fully saturated rings. The van der Waals surface area contributed by atoms with Crippen LogP contribution in [0.25, 0.3) is 0 Å². The Kier molecular flexibility index (Phi) is 6.89. The molecule has 1 amide bonds. The lowest BCUT2D eigenvalue weighted by Gasteiger charge is -2.03. The fourth-order valence-electron chi connectivity index (χ4n) is 0.922. The van der Waals surface area contributed by atoms with Gasteiger partial charge in [-0.1, -0.05) is 18.2 Å². The minimum Gasteiger partial charge on any atom is -0.349 e. The maximum absolute atomic E-state index is 11.6. The molecule has 0 rings (SSSR count). The topological polar surface area (TPSA) is 41.5 Å². The highest BCUT2D eigenvalue weighted by atomic mass is 16.1. The van der Waals surface area contributed by atoms with E-state index in [9.17, 15) is 4.79 Å². The van der Waals surface area contributed by atoms with Crippen molar-refractivity contribution in [2.24, 2.45) is 4.99 Å². The quantitative estimate of drug-likeness (QED) is 0.319. The van der Waals surface area contributed by atoms with Crippen LogP contribution in [0.15, 0.2) is 40.6 Å². The zero-order chi connectivity index (χ0) is 11.7. The molecule has 0 aromatic heterocycles. The van der Waals surface area contributed by atoms with Gasteiger partial charge in [0.05, 0.1) is 0 Å². The van der Waals surface area contributed by atoms with E-state index in [2.05, 4.69) is 17.0 Å². The van der Waals surface area contributed by atoms with E-state index >= 15 is 0 Å². The Bertz CT molecular complexity index is 312. The fraction of sp³-hybridized carbons (Fsp3) is 0.333. The lowest BCUT2D eigenvalue weighted by Crippen LogP contribution is -2.24. The molecule has 0 saturated carbocycles. The maximum Gasteiger partial charge on any atom is 0.251 e. The standard InChI is InChI=1S/C12H18N2O/c1-5-7-8-14-12(15)11(6-2)9-10(3)13-4/h5-7,9H,4,8H2,1-3H3,(H,14,15)/b7-5+,10-9-,11-6+. The molecule has 0 radical (unpaired) electrons. The molecule has 0 atom stereocenters. The largest absolute Gasteiger partial charge is 0.349 e. The molecule has 0 aliphatic heterocycles. The van der Waals surface area contributed by atoms with E-state index in [0.29, 0.717) is 12.1 Å². The molecule has 0 aromatic carbocycles. The minimum atomic E-state index is -0.0985. The van der Waals surface area contributed by atoms with Gasteiger partial charge in [-0.25, -0.2) is 0 Å². The van der Waals surface area contributed by atoms with Gasteiger partial charge in [0.2, 0.25) is 0 Å². The summed E-state index contributed by atoms with van der Waals surface area (Å²) in [5.41, 5.74) is 1.33.